The first-order chi connectivity index (χ1) is 14.5. The SMILES string of the molecule is CSCCC(NC(=O)c1cccc(C)c1)C(=O)Nc1ccc(-n2cncn2)c(F)c1. The summed E-state index contributed by atoms with van der Waals surface area (Å²) in [5.41, 5.74) is 1.95. The largest absolute Gasteiger partial charge is 0.340 e. The van der Waals surface area contributed by atoms with Gasteiger partial charge in [0.05, 0.1) is 0 Å². The van der Waals surface area contributed by atoms with Gasteiger partial charge in [-0.3, -0.25) is 9.59 Å². The molecule has 0 radical (unpaired) electrons. The van der Waals surface area contributed by atoms with Crippen molar-refractivity contribution in [1.29, 1.82) is 0 Å². The Hall–Kier alpha value is -3.20. The van der Waals surface area contributed by atoms with Gasteiger partial charge in [0.1, 0.15) is 24.4 Å². The molecule has 1 atom stereocenters. The third-order valence-electron chi connectivity index (χ3n) is 4.39. The molecule has 0 saturated heterocycles. The molecule has 9 heteroatoms. The number of carbonyl (C=O) groups excluding carboxylic acids is 2. The van der Waals surface area contributed by atoms with Crippen molar-refractivity contribution >= 4 is 29.3 Å². The maximum Gasteiger partial charge on any atom is 0.251 e. The summed E-state index contributed by atoms with van der Waals surface area (Å²) in [7, 11) is 0. The Balaban J connectivity index is 1.72. The Morgan fingerprint density at radius 3 is 2.73 bits per heavy atom. The number of amides is 2. The number of thioether (sulfide) groups is 1. The van der Waals surface area contributed by atoms with Crippen LogP contribution in [0.25, 0.3) is 5.69 Å². The predicted molar refractivity (Wildman–Crippen MR) is 115 cm³/mol. The van der Waals surface area contributed by atoms with Crippen LogP contribution in [0.15, 0.2) is 55.1 Å². The zero-order chi connectivity index (χ0) is 21.5. The number of carbonyl (C=O) groups is 2. The van der Waals surface area contributed by atoms with Crippen molar-refractivity contribution in [3.05, 3.63) is 72.1 Å². The number of nitrogens with zero attached hydrogens (tertiary/aromatic N) is 3. The minimum absolute atomic E-state index is 0.220. The fourth-order valence-electron chi connectivity index (χ4n) is 2.86. The molecule has 0 saturated carbocycles. The second-order valence-corrected chi connectivity index (χ2v) is 7.66. The van der Waals surface area contributed by atoms with Crippen molar-refractivity contribution < 1.29 is 14.0 Å². The van der Waals surface area contributed by atoms with Crippen molar-refractivity contribution in [3.8, 4) is 5.69 Å². The molecule has 0 spiro atoms. The molecule has 0 aliphatic rings. The van der Waals surface area contributed by atoms with Crippen molar-refractivity contribution in [2.24, 2.45) is 0 Å². The molecule has 0 aliphatic carbocycles. The fraction of sp³-hybridized carbons (Fsp3) is 0.238. The van der Waals surface area contributed by atoms with Crippen LogP contribution in [0.3, 0.4) is 0 Å². The molecule has 2 N–H and O–H groups in total. The van der Waals surface area contributed by atoms with Crippen LogP contribution in [0.4, 0.5) is 10.1 Å². The van der Waals surface area contributed by atoms with Gasteiger partial charge in [-0.2, -0.15) is 16.9 Å². The summed E-state index contributed by atoms with van der Waals surface area (Å²) in [6.07, 6.45) is 5.07. The highest BCUT2D eigenvalue weighted by molar-refractivity contribution is 7.98. The summed E-state index contributed by atoms with van der Waals surface area (Å²) in [5.74, 6) is -0.598. The van der Waals surface area contributed by atoms with E-state index in [0.717, 1.165) is 5.56 Å². The summed E-state index contributed by atoms with van der Waals surface area (Å²) >= 11 is 1.57. The molecular formula is C21H22FN5O2S. The van der Waals surface area contributed by atoms with Gasteiger partial charge in [-0.15, -0.1) is 0 Å². The van der Waals surface area contributed by atoms with Crippen molar-refractivity contribution in [2.75, 3.05) is 17.3 Å². The molecule has 3 rings (SSSR count). The number of aromatic nitrogens is 3. The van der Waals surface area contributed by atoms with Crippen molar-refractivity contribution in [3.63, 3.8) is 0 Å². The van der Waals surface area contributed by atoms with E-state index in [9.17, 15) is 14.0 Å². The average Bonchev–Trinajstić information content (AvgIpc) is 3.25. The van der Waals surface area contributed by atoms with Crippen LogP contribution in [0, 0.1) is 12.7 Å². The molecule has 30 heavy (non-hydrogen) atoms. The van der Waals surface area contributed by atoms with Crippen LogP contribution in [0.2, 0.25) is 0 Å². The van der Waals surface area contributed by atoms with E-state index in [0.29, 0.717) is 23.4 Å². The maximum atomic E-state index is 14.4. The molecular weight excluding hydrogens is 405 g/mol. The number of hydrogen-bond donors (Lipinski definition) is 2. The molecule has 156 valence electrons. The van der Waals surface area contributed by atoms with Gasteiger partial charge in [-0.25, -0.2) is 14.1 Å². The maximum absolute atomic E-state index is 14.4. The fourth-order valence-corrected chi connectivity index (χ4v) is 3.34. The van der Waals surface area contributed by atoms with Gasteiger partial charge in [0, 0.05) is 11.3 Å². The molecule has 1 unspecified atom stereocenters. The summed E-state index contributed by atoms with van der Waals surface area (Å²) in [4.78, 5) is 29.2. The lowest BCUT2D eigenvalue weighted by molar-refractivity contribution is -0.118. The van der Waals surface area contributed by atoms with E-state index in [1.165, 1.54) is 29.5 Å². The normalized spacial score (nSPS) is 11.7. The average molecular weight is 428 g/mol. The van der Waals surface area contributed by atoms with Crippen molar-refractivity contribution in [2.45, 2.75) is 19.4 Å². The van der Waals surface area contributed by atoms with Gasteiger partial charge in [0.2, 0.25) is 5.91 Å². The Morgan fingerprint density at radius 2 is 2.07 bits per heavy atom. The van der Waals surface area contributed by atoms with Gasteiger partial charge >= 0.3 is 0 Å². The van der Waals surface area contributed by atoms with Crippen molar-refractivity contribution in [1.82, 2.24) is 20.1 Å². The van der Waals surface area contributed by atoms with E-state index < -0.39 is 17.8 Å². The van der Waals surface area contributed by atoms with Gasteiger partial charge in [0.15, 0.2) is 5.82 Å². The number of hydrogen-bond acceptors (Lipinski definition) is 5. The first-order valence-corrected chi connectivity index (χ1v) is 10.7. The second kappa shape index (κ2) is 10.0. The summed E-state index contributed by atoms with van der Waals surface area (Å²) in [5, 5.41) is 9.36. The highest BCUT2D eigenvalue weighted by atomic mass is 32.2. The Labute approximate surface area is 178 Å². The van der Waals surface area contributed by atoms with Crippen LogP contribution >= 0.6 is 11.8 Å². The number of benzene rings is 2. The van der Waals surface area contributed by atoms with E-state index in [2.05, 4.69) is 20.7 Å². The van der Waals surface area contributed by atoms with Crippen LogP contribution < -0.4 is 10.6 Å². The highest BCUT2D eigenvalue weighted by Crippen LogP contribution is 2.18. The van der Waals surface area contributed by atoms with Crippen LogP contribution in [0.5, 0.6) is 0 Å². The molecule has 1 heterocycles. The highest BCUT2D eigenvalue weighted by Gasteiger charge is 2.22. The minimum Gasteiger partial charge on any atom is -0.340 e. The van der Waals surface area contributed by atoms with Crippen LogP contribution in [0.1, 0.15) is 22.3 Å². The van der Waals surface area contributed by atoms with Gasteiger partial charge in [-0.1, -0.05) is 17.7 Å². The monoisotopic (exact) mass is 427 g/mol. The number of nitrogens with one attached hydrogen (secondary N) is 2. The zero-order valence-corrected chi connectivity index (χ0v) is 17.4. The molecule has 7 nitrogen and oxygen atoms in total. The third kappa shape index (κ3) is 5.44. The van der Waals surface area contributed by atoms with Gasteiger partial charge in [-0.05, 0) is 55.7 Å². The van der Waals surface area contributed by atoms with E-state index in [1.54, 1.807) is 36.0 Å². The number of halogens is 1. The molecule has 0 fully saturated rings. The Morgan fingerprint density at radius 1 is 1.23 bits per heavy atom. The molecule has 2 aromatic carbocycles. The quantitative estimate of drug-likeness (QED) is 0.576. The molecule has 2 amide bonds. The smallest absolute Gasteiger partial charge is 0.251 e. The third-order valence-corrected chi connectivity index (χ3v) is 5.04. The van der Waals surface area contributed by atoms with E-state index in [-0.39, 0.29) is 11.6 Å². The summed E-state index contributed by atoms with van der Waals surface area (Å²) < 4.78 is 15.7. The molecule has 0 bridgehead atoms. The van der Waals surface area contributed by atoms with E-state index in [4.69, 9.17) is 0 Å². The molecule has 3 aromatic rings. The number of anilines is 1. The van der Waals surface area contributed by atoms with Gasteiger partial charge < -0.3 is 10.6 Å². The summed E-state index contributed by atoms with van der Waals surface area (Å²) in [6.45, 7) is 1.90. The lowest BCUT2D eigenvalue weighted by Crippen LogP contribution is -2.44. The second-order valence-electron chi connectivity index (χ2n) is 6.67. The van der Waals surface area contributed by atoms with E-state index in [1.807, 2.05) is 19.2 Å². The zero-order valence-electron chi connectivity index (χ0n) is 16.6. The van der Waals surface area contributed by atoms with Crippen LogP contribution in [-0.4, -0.2) is 44.6 Å². The lowest BCUT2D eigenvalue weighted by Gasteiger charge is -2.18. The first kappa shape index (κ1) is 21.5. The van der Waals surface area contributed by atoms with Crippen LogP contribution in [-0.2, 0) is 4.79 Å². The first-order valence-electron chi connectivity index (χ1n) is 9.30. The topological polar surface area (TPSA) is 88.9 Å². The summed E-state index contributed by atoms with van der Waals surface area (Å²) in [6, 6.07) is 10.7. The molecule has 1 aromatic heterocycles. The minimum atomic E-state index is -0.747. The lowest BCUT2D eigenvalue weighted by atomic mass is 10.1. The van der Waals surface area contributed by atoms with E-state index >= 15 is 0 Å². The standard InChI is InChI=1S/C21H22FN5O2S/c1-14-4-3-5-15(10-14)20(28)26-18(8-9-30-2)21(29)25-16-6-7-19(17(22)11-16)27-13-23-12-24-27/h3-7,10-13,18H,8-9H2,1-2H3,(H,25,29)(H,26,28). The Kier molecular flexibility index (Phi) is 7.18. The van der Waals surface area contributed by atoms with Gasteiger partial charge in [0.25, 0.3) is 5.91 Å². The molecule has 0 aliphatic heterocycles. The predicted octanol–water partition coefficient (Wildman–Crippen LogP) is 3.21. The number of rotatable bonds is 8. The Bertz CT molecular complexity index is 1030. The number of aryl methyl sites for hydroxylation is 1.